The second-order valence-corrected chi connectivity index (χ2v) is 17.5. The van der Waals surface area contributed by atoms with E-state index in [0.29, 0.717) is 38.0 Å². The fraction of sp³-hybridized carbons (Fsp3) is 0.667. The van der Waals surface area contributed by atoms with Gasteiger partial charge in [-0.2, -0.15) is 0 Å². The van der Waals surface area contributed by atoms with Crippen LogP contribution >= 0.6 is 0 Å². The normalized spacial score (nSPS) is 35.4. The average Bonchev–Trinajstić information content (AvgIpc) is 3.51. The van der Waals surface area contributed by atoms with Crippen molar-refractivity contribution < 1.29 is 52.3 Å². The molecule has 0 N–H and O–H groups in total. The molecule has 0 aliphatic carbocycles. The first-order valence-corrected chi connectivity index (χ1v) is 20.6. The lowest BCUT2D eigenvalue weighted by Gasteiger charge is -2.47. The van der Waals surface area contributed by atoms with E-state index >= 15 is 0 Å². The molecule has 3 aliphatic rings. The largest absolute Gasteiger partial charge is 0.463 e. The minimum atomic E-state index is -1.13. The number of ketones is 1. The zero-order valence-electron chi connectivity index (χ0n) is 36.3. The van der Waals surface area contributed by atoms with Crippen LogP contribution in [-0.2, 0) is 54.1 Å². The maximum absolute atomic E-state index is 14.4. The SMILES string of the molecule is CO[C@]1(C)C[C@@H](C)CN(C)[C@@H](C[C@@]2(OCc3ccccc3)COC(C)(C)O2)COC(=O)C(C)C(=O)[C@H](C)[C@H]1OC1OC(C)CC(N(C)C)C1OC(=O)c1ccccc1. The molecular formula is C45H66N2O11. The molecule has 58 heavy (non-hydrogen) atoms. The molecule has 322 valence electrons. The van der Waals surface area contributed by atoms with Crippen molar-refractivity contribution in [3.8, 4) is 0 Å². The van der Waals surface area contributed by atoms with Gasteiger partial charge in [0.05, 0.1) is 36.0 Å². The molecule has 0 bridgehead atoms. The molecule has 2 aromatic rings. The Kier molecular flexibility index (Phi) is 15.3. The van der Waals surface area contributed by atoms with Gasteiger partial charge in [-0.25, -0.2) is 4.79 Å². The van der Waals surface area contributed by atoms with Gasteiger partial charge in [0.2, 0.25) is 0 Å². The van der Waals surface area contributed by atoms with E-state index in [1.54, 1.807) is 45.2 Å². The summed E-state index contributed by atoms with van der Waals surface area (Å²) in [6.45, 7) is 14.1. The van der Waals surface area contributed by atoms with Crippen molar-refractivity contribution in [3.63, 3.8) is 0 Å². The lowest BCUT2D eigenvalue weighted by atomic mass is 9.78. The number of methoxy groups -OCH3 is 1. The molecule has 0 aromatic heterocycles. The quantitative estimate of drug-likeness (QED) is 0.198. The second-order valence-electron chi connectivity index (χ2n) is 17.5. The fourth-order valence-corrected chi connectivity index (χ4v) is 8.65. The van der Waals surface area contributed by atoms with Crippen LogP contribution < -0.4 is 0 Å². The molecule has 3 fully saturated rings. The summed E-state index contributed by atoms with van der Waals surface area (Å²) >= 11 is 0. The zero-order valence-corrected chi connectivity index (χ0v) is 36.3. The van der Waals surface area contributed by atoms with Crippen molar-refractivity contribution in [2.45, 2.75) is 128 Å². The van der Waals surface area contributed by atoms with Crippen molar-refractivity contribution >= 4 is 17.7 Å². The monoisotopic (exact) mass is 810 g/mol. The Hall–Kier alpha value is -3.27. The number of rotatable bonds is 11. The highest BCUT2D eigenvalue weighted by Gasteiger charge is 2.52. The third-order valence-corrected chi connectivity index (χ3v) is 11.9. The summed E-state index contributed by atoms with van der Waals surface area (Å²) < 4.78 is 51.0. The van der Waals surface area contributed by atoms with Crippen molar-refractivity contribution in [3.05, 3.63) is 71.8 Å². The Bertz CT molecular complexity index is 1660. The van der Waals surface area contributed by atoms with Gasteiger partial charge in [0.15, 0.2) is 29.8 Å². The molecule has 3 aliphatic heterocycles. The molecule has 0 spiro atoms. The minimum absolute atomic E-state index is 0.00392. The number of hydrogen-bond donors (Lipinski definition) is 0. The number of carbonyl (C=O) groups is 3. The van der Waals surface area contributed by atoms with E-state index in [0.717, 1.165) is 5.56 Å². The Morgan fingerprint density at radius 1 is 0.966 bits per heavy atom. The standard InChI is InChI=1S/C45H66N2O11/c1-29-23-44(7,51-11)39(57-42-38(36(46(8)9)22-30(2)55-42)56-41(50)34-20-16-13-17-21-34)31(3)37(48)32(4)40(49)52-27-35(47(10)25-29)24-45(28-54-43(5,6)58-45)53-26-33-18-14-12-15-19-33/h12-21,29-32,35-36,38-39,42H,22-28H2,1-11H3/t29-,30?,31+,32?,35+,36?,38?,39-,42?,44-,45+/m1/s1. The number of hydrogen-bond acceptors (Lipinski definition) is 13. The first kappa shape index (κ1) is 45.8. The van der Waals surface area contributed by atoms with Crippen molar-refractivity contribution in [2.75, 3.05) is 48.0 Å². The van der Waals surface area contributed by atoms with Crippen LogP contribution in [0.5, 0.6) is 0 Å². The van der Waals surface area contributed by atoms with Crippen LogP contribution in [0.1, 0.15) is 83.7 Å². The Labute approximate surface area is 344 Å². The summed E-state index contributed by atoms with van der Waals surface area (Å²) in [5, 5.41) is 0. The van der Waals surface area contributed by atoms with Crippen LogP contribution in [-0.4, -0.2) is 129 Å². The number of Topliss-reactive ketones (excluding diaryl/α,β-unsaturated/α-hetero) is 1. The molecule has 5 unspecified atom stereocenters. The molecule has 13 nitrogen and oxygen atoms in total. The molecule has 0 radical (unpaired) electrons. The Balaban J connectivity index is 1.44. The fourth-order valence-electron chi connectivity index (χ4n) is 8.65. The van der Waals surface area contributed by atoms with Crippen LogP contribution in [0.25, 0.3) is 0 Å². The van der Waals surface area contributed by atoms with E-state index in [9.17, 15) is 14.4 Å². The van der Waals surface area contributed by atoms with E-state index in [-0.39, 0.29) is 43.1 Å². The van der Waals surface area contributed by atoms with Gasteiger partial charge < -0.3 is 42.8 Å². The summed E-state index contributed by atoms with van der Waals surface area (Å²) in [5.74, 6) is -5.51. The highest BCUT2D eigenvalue weighted by molar-refractivity contribution is 6.00. The van der Waals surface area contributed by atoms with E-state index in [2.05, 4.69) is 11.8 Å². The minimum Gasteiger partial charge on any atom is -0.463 e. The lowest BCUT2D eigenvalue weighted by molar-refractivity contribution is -0.294. The van der Waals surface area contributed by atoms with Gasteiger partial charge in [0, 0.05) is 32.0 Å². The smallest absolute Gasteiger partial charge is 0.338 e. The molecule has 3 heterocycles. The molecule has 0 amide bonds. The van der Waals surface area contributed by atoms with Gasteiger partial charge in [0.1, 0.15) is 19.1 Å². The zero-order chi connectivity index (χ0) is 42.4. The molecule has 3 saturated heterocycles. The second kappa shape index (κ2) is 19.4. The van der Waals surface area contributed by atoms with Crippen LogP contribution in [0.15, 0.2) is 60.7 Å². The topological polar surface area (TPSA) is 132 Å². The van der Waals surface area contributed by atoms with Gasteiger partial charge in [-0.15, -0.1) is 0 Å². The molecular weight excluding hydrogens is 744 g/mol. The molecule has 5 rings (SSSR count). The number of nitrogens with zero attached hydrogens (tertiary/aromatic N) is 2. The predicted molar refractivity (Wildman–Crippen MR) is 217 cm³/mol. The summed E-state index contributed by atoms with van der Waals surface area (Å²) in [6.07, 6.45) is -1.67. The summed E-state index contributed by atoms with van der Waals surface area (Å²) in [5.41, 5.74) is 0.333. The maximum atomic E-state index is 14.4. The van der Waals surface area contributed by atoms with Crippen LogP contribution in [0.4, 0.5) is 0 Å². The van der Waals surface area contributed by atoms with E-state index < -0.39 is 59.4 Å². The van der Waals surface area contributed by atoms with Gasteiger partial charge in [-0.3, -0.25) is 14.5 Å². The molecule has 2 aromatic carbocycles. The Morgan fingerprint density at radius 2 is 1.62 bits per heavy atom. The van der Waals surface area contributed by atoms with Crippen LogP contribution in [0, 0.1) is 17.8 Å². The highest BCUT2D eigenvalue weighted by atomic mass is 16.8. The number of benzene rings is 2. The van der Waals surface area contributed by atoms with Gasteiger partial charge in [-0.05, 0) is 92.2 Å². The van der Waals surface area contributed by atoms with Gasteiger partial charge in [-0.1, -0.05) is 62.4 Å². The van der Waals surface area contributed by atoms with E-state index in [1.807, 2.05) is 90.1 Å². The number of likely N-dealkylation sites (N-methyl/N-ethyl adjacent to an activating group) is 2. The van der Waals surface area contributed by atoms with Gasteiger partial charge >= 0.3 is 11.9 Å². The molecule has 13 heteroatoms. The lowest BCUT2D eigenvalue weighted by Crippen LogP contribution is -2.60. The molecule has 0 saturated carbocycles. The highest BCUT2D eigenvalue weighted by Crippen LogP contribution is 2.39. The van der Waals surface area contributed by atoms with Crippen molar-refractivity contribution in [1.29, 1.82) is 0 Å². The number of cyclic esters (lactones) is 1. The van der Waals surface area contributed by atoms with Crippen LogP contribution in [0.2, 0.25) is 0 Å². The third-order valence-electron chi connectivity index (χ3n) is 11.9. The number of carbonyl (C=O) groups excluding carboxylic acids is 3. The van der Waals surface area contributed by atoms with Crippen molar-refractivity contribution in [2.24, 2.45) is 17.8 Å². The number of esters is 2. The Morgan fingerprint density at radius 3 is 2.22 bits per heavy atom. The summed E-state index contributed by atoms with van der Waals surface area (Å²) in [6, 6.07) is 18.0. The first-order valence-electron chi connectivity index (χ1n) is 20.6. The summed E-state index contributed by atoms with van der Waals surface area (Å²) in [4.78, 5) is 45.9. The van der Waals surface area contributed by atoms with Crippen molar-refractivity contribution in [1.82, 2.24) is 9.80 Å². The third kappa shape index (κ3) is 11.3. The average molecular weight is 811 g/mol. The van der Waals surface area contributed by atoms with Crippen LogP contribution in [0.3, 0.4) is 0 Å². The number of ether oxygens (including phenoxy) is 8. The first-order chi connectivity index (χ1) is 27.4. The van der Waals surface area contributed by atoms with E-state index in [1.165, 1.54) is 0 Å². The van der Waals surface area contributed by atoms with E-state index in [4.69, 9.17) is 37.9 Å². The summed E-state index contributed by atoms with van der Waals surface area (Å²) in [7, 11) is 7.45. The molecule has 11 atom stereocenters. The maximum Gasteiger partial charge on any atom is 0.338 e. The predicted octanol–water partition coefficient (Wildman–Crippen LogP) is 5.88. The van der Waals surface area contributed by atoms with Gasteiger partial charge in [0.25, 0.3) is 0 Å².